The normalized spacial score (nSPS) is 15.1. The van der Waals surface area contributed by atoms with E-state index in [2.05, 4.69) is 16.8 Å². The quantitative estimate of drug-likeness (QED) is 0.669. The molecule has 0 spiro atoms. The van der Waals surface area contributed by atoms with Crippen LogP contribution in [0.4, 0.5) is 5.82 Å². The highest BCUT2D eigenvalue weighted by Crippen LogP contribution is 2.37. The number of esters is 1. The van der Waals surface area contributed by atoms with Crippen molar-refractivity contribution in [3.8, 4) is 11.1 Å². The van der Waals surface area contributed by atoms with Gasteiger partial charge in [0.1, 0.15) is 11.4 Å². The fraction of sp³-hybridized carbons (Fsp3) is 0.273. The lowest BCUT2D eigenvalue weighted by atomic mass is 9.95. The van der Waals surface area contributed by atoms with Gasteiger partial charge in [0, 0.05) is 37.1 Å². The van der Waals surface area contributed by atoms with E-state index in [-0.39, 0.29) is 5.97 Å². The lowest BCUT2D eigenvalue weighted by Gasteiger charge is -2.34. The Morgan fingerprint density at radius 2 is 1.63 bits per heavy atom. The van der Waals surface area contributed by atoms with E-state index in [4.69, 9.17) is 9.72 Å². The predicted octanol–water partition coefficient (Wildman–Crippen LogP) is 3.44. The van der Waals surface area contributed by atoms with Gasteiger partial charge in [0.25, 0.3) is 0 Å². The lowest BCUT2D eigenvalue weighted by molar-refractivity contribution is 0.0602. The van der Waals surface area contributed by atoms with E-state index in [1.54, 1.807) is 0 Å². The third kappa shape index (κ3) is 3.26. The van der Waals surface area contributed by atoms with Crippen LogP contribution in [0.25, 0.3) is 22.0 Å². The molecule has 1 fully saturated rings. The molecule has 138 valence electrons. The van der Waals surface area contributed by atoms with Gasteiger partial charge < -0.3 is 14.5 Å². The minimum absolute atomic E-state index is 0.346. The number of fused-ring (bicyclic) bond motifs is 1. The van der Waals surface area contributed by atoms with Gasteiger partial charge in [0.15, 0.2) is 0 Å². The maximum Gasteiger partial charge on any atom is 0.342 e. The van der Waals surface area contributed by atoms with Crippen molar-refractivity contribution in [1.29, 1.82) is 0 Å². The highest BCUT2D eigenvalue weighted by Gasteiger charge is 2.27. The van der Waals surface area contributed by atoms with E-state index in [9.17, 15) is 4.79 Å². The van der Waals surface area contributed by atoms with Crippen LogP contribution in [0.15, 0.2) is 54.6 Å². The van der Waals surface area contributed by atoms with E-state index in [1.165, 1.54) is 7.11 Å². The van der Waals surface area contributed by atoms with Crippen molar-refractivity contribution in [2.24, 2.45) is 0 Å². The third-order valence-electron chi connectivity index (χ3n) is 5.13. The zero-order chi connectivity index (χ0) is 18.8. The van der Waals surface area contributed by atoms with E-state index in [0.717, 1.165) is 48.2 Å². The van der Waals surface area contributed by atoms with Gasteiger partial charge in [-0.1, -0.05) is 48.5 Å². The summed E-state index contributed by atoms with van der Waals surface area (Å²) < 4.78 is 5.18. The van der Waals surface area contributed by atoms with E-state index in [1.807, 2.05) is 54.6 Å². The fourth-order valence-corrected chi connectivity index (χ4v) is 3.65. The Bertz CT molecular complexity index is 964. The van der Waals surface area contributed by atoms with Gasteiger partial charge in [-0.15, -0.1) is 0 Å². The van der Waals surface area contributed by atoms with Gasteiger partial charge in [-0.2, -0.15) is 0 Å². The molecule has 2 aromatic carbocycles. The molecule has 0 N–H and O–H groups in total. The molecule has 0 bridgehead atoms. The van der Waals surface area contributed by atoms with Crippen LogP contribution in [-0.2, 0) is 4.74 Å². The van der Waals surface area contributed by atoms with Crippen LogP contribution < -0.4 is 4.90 Å². The Hall–Kier alpha value is -2.92. The molecule has 1 saturated heterocycles. The van der Waals surface area contributed by atoms with E-state index >= 15 is 0 Å². The Morgan fingerprint density at radius 1 is 0.963 bits per heavy atom. The molecule has 0 radical (unpaired) electrons. The molecule has 2 heterocycles. The topological polar surface area (TPSA) is 45.7 Å². The molecule has 4 rings (SSSR count). The summed E-state index contributed by atoms with van der Waals surface area (Å²) in [6.45, 7) is 3.55. The molecule has 0 saturated carbocycles. The molecule has 0 amide bonds. The standard InChI is InChI=1S/C22H23N3O2/c1-24-12-14-25(15-13-24)21-20(22(26)27-2)19(16-8-4-3-5-9-16)17-10-6-7-11-18(17)23-21/h3-11H,12-15H2,1-2H3. The second-order valence-corrected chi connectivity index (χ2v) is 6.85. The predicted molar refractivity (Wildman–Crippen MR) is 108 cm³/mol. The number of anilines is 1. The molecule has 1 aromatic heterocycles. The number of rotatable bonds is 3. The highest BCUT2D eigenvalue weighted by molar-refractivity contribution is 6.10. The summed E-state index contributed by atoms with van der Waals surface area (Å²) in [5.74, 6) is 0.369. The zero-order valence-electron chi connectivity index (χ0n) is 15.7. The Kier molecular flexibility index (Phi) is 4.77. The molecule has 0 aliphatic carbocycles. The van der Waals surface area contributed by atoms with Crippen LogP contribution in [0.1, 0.15) is 10.4 Å². The molecule has 5 nitrogen and oxygen atoms in total. The first-order chi connectivity index (χ1) is 13.2. The van der Waals surface area contributed by atoms with E-state index in [0.29, 0.717) is 11.4 Å². The van der Waals surface area contributed by atoms with Gasteiger partial charge in [0.05, 0.1) is 12.6 Å². The summed E-state index contributed by atoms with van der Waals surface area (Å²) in [5, 5.41) is 0.960. The summed E-state index contributed by atoms with van der Waals surface area (Å²) in [6.07, 6.45) is 0. The largest absolute Gasteiger partial charge is 0.465 e. The lowest BCUT2D eigenvalue weighted by Crippen LogP contribution is -2.45. The fourth-order valence-electron chi connectivity index (χ4n) is 3.65. The Morgan fingerprint density at radius 3 is 2.33 bits per heavy atom. The number of nitrogens with zero attached hydrogens (tertiary/aromatic N) is 3. The van der Waals surface area contributed by atoms with Crippen molar-refractivity contribution in [3.63, 3.8) is 0 Å². The van der Waals surface area contributed by atoms with Gasteiger partial charge >= 0.3 is 5.97 Å². The van der Waals surface area contributed by atoms with Crippen LogP contribution in [0.3, 0.4) is 0 Å². The maximum absolute atomic E-state index is 12.9. The number of hydrogen-bond donors (Lipinski definition) is 0. The number of aromatic nitrogens is 1. The number of likely N-dealkylation sites (N-methyl/N-ethyl adjacent to an activating group) is 1. The molecular weight excluding hydrogens is 338 g/mol. The van der Waals surface area contributed by atoms with Crippen LogP contribution in [0.5, 0.6) is 0 Å². The minimum Gasteiger partial charge on any atom is -0.465 e. The van der Waals surface area contributed by atoms with Crippen molar-refractivity contribution in [2.45, 2.75) is 0 Å². The van der Waals surface area contributed by atoms with Crippen molar-refractivity contribution in [2.75, 3.05) is 45.2 Å². The number of methoxy groups -OCH3 is 1. The molecule has 0 unspecified atom stereocenters. The summed E-state index contributed by atoms with van der Waals surface area (Å²) in [5.41, 5.74) is 3.32. The number of carbonyl (C=O) groups is 1. The van der Waals surface area contributed by atoms with Crippen LogP contribution >= 0.6 is 0 Å². The molecule has 1 aliphatic rings. The zero-order valence-corrected chi connectivity index (χ0v) is 15.7. The molecule has 0 atom stereocenters. The molecular formula is C22H23N3O2. The second-order valence-electron chi connectivity index (χ2n) is 6.85. The molecule has 3 aromatic rings. The number of para-hydroxylation sites is 1. The first kappa shape index (κ1) is 17.5. The number of piperazine rings is 1. The van der Waals surface area contributed by atoms with Crippen molar-refractivity contribution >= 4 is 22.7 Å². The van der Waals surface area contributed by atoms with Gasteiger partial charge in [-0.3, -0.25) is 0 Å². The number of hydrogen-bond acceptors (Lipinski definition) is 5. The average molecular weight is 361 g/mol. The summed E-state index contributed by atoms with van der Waals surface area (Å²) >= 11 is 0. The number of pyridine rings is 1. The van der Waals surface area contributed by atoms with E-state index < -0.39 is 0 Å². The van der Waals surface area contributed by atoms with Crippen molar-refractivity contribution in [3.05, 3.63) is 60.2 Å². The smallest absolute Gasteiger partial charge is 0.342 e. The second kappa shape index (κ2) is 7.37. The van der Waals surface area contributed by atoms with Gasteiger partial charge in [-0.05, 0) is 18.7 Å². The number of ether oxygens (including phenoxy) is 1. The summed E-state index contributed by atoms with van der Waals surface area (Å²) in [7, 11) is 3.54. The number of benzene rings is 2. The van der Waals surface area contributed by atoms with Crippen LogP contribution in [-0.4, -0.2) is 56.2 Å². The monoisotopic (exact) mass is 361 g/mol. The summed E-state index contributed by atoms with van der Waals surface area (Å²) in [6, 6.07) is 18.0. The average Bonchev–Trinajstić information content (AvgIpc) is 2.73. The summed E-state index contributed by atoms with van der Waals surface area (Å²) in [4.78, 5) is 22.3. The third-order valence-corrected chi connectivity index (χ3v) is 5.13. The molecule has 1 aliphatic heterocycles. The minimum atomic E-state index is -0.346. The van der Waals surface area contributed by atoms with Crippen LogP contribution in [0.2, 0.25) is 0 Å². The first-order valence-corrected chi connectivity index (χ1v) is 9.19. The van der Waals surface area contributed by atoms with Crippen molar-refractivity contribution in [1.82, 2.24) is 9.88 Å². The molecule has 27 heavy (non-hydrogen) atoms. The highest BCUT2D eigenvalue weighted by atomic mass is 16.5. The Balaban J connectivity index is 2.01. The van der Waals surface area contributed by atoms with Crippen molar-refractivity contribution < 1.29 is 9.53 Å². The number of carbonyl (C=O) groups excluding carboxylic acids is 1. The Labute approximate surface area is 159 Å². The SMILES string of the molecule is COC(=O)c1c(N2CCN(C)CC2)nc2ccccc2c1-c1ccccc1. The van der Waals surface area contributed by atoms with Gasteiger partial charge in [0.2, 0.25) is 0 Å². The van der Waals surface area contributed by atoms with Gasteiger partial charge in [-0.25, -0.2) is 9.78 Å². The first-order valence-electron chi connectivity index (χ1n) is 9.19. The molecule has 5 heteroatoms. The van der Waals surface area contributed by atoms with Crippen LogP contribution in [0, 0.1) is 0 Å². The maximum atomic E-state index is 12.9.